The molecule has 0 fully saturated rings. The van der Waals surface area contributed by atoms with E-state index in [-0.39, 0.29) is 5.92 Å². The molecular weight excluding hydrogens is 380 g/mol. The molecule has 1 N–H and O–H groups in total. The summed E-state index contributed by atoms with van der Waals surface area (Å²) >= 11 is 0. The standard InChI is InChI=1S/C29H58O2/c1-4-7-10-11-12-13-14-15-16-17-18-19-20-21-22-23-25-27(24-8-5-2)28(29(30)31)26-9-6-3/h27-28H,4-26H2,1-3H3,(H,30,31). The largest absolute Gasteiger partial charge is 0.481 e. The lowest BCUT2D eigenvalue weighted by Gasteiger charge is -2.24. The van der Waals surface area contributed by atoms with E-state index in [0.29, 0.717) is 5.92 Å². The fourth-order valence-electron chi connectivity index (χ4n) is 4.95. The highest BCUT2D eigenvalue weighted by molar-refractivity contribution is 5.70. The van der Waals surface area contributed by atoms with Crippen LogP contribution in [0.25, 0.3) is 0 Å². The summed E-state index contributed by atoms with van der Waals surface area (Å²) in [5, 5.41) is 9.70. The van der Waals surface area contributed by atoms with Crippen molar-refractivity contribution in [2.45, 2.75) is 168 Å². The van der Waals surface area contributed by atoms with Gasteiger partial charge in [0.05, 0.1) is 5.92 Å². The second kappa shape index (κ2) is 24.1. The fourth-order valence-corrected chi connectivity index (χ4v) is 4.95. The summed E-state index contributed by atoms with van der Waals surface area (Å²) in [5.74, 6) is -0.260. The van der Waals surface area contributed by atoms with Crippen molar-refractivity contribution in [1.29, 1.82) is 0 Å². The molecule has 0 aromatic heterocycles. The summed E-state index contributed by atoms with van der Waals surface area (Å²) in [6.07, 6.45) is 29.9. The third kappa shape index (κ3) is 19.9. The van der Waals surface area contributed by atoms with E-state index in [1.165, 1.54) is 116 Å². The Labute approximate surface area is 196 Å². The van der Waals surface area contributed by atoms with Gasteiger partial charge < -0.3 is 5.11 Å². The minimum Gasteiger partial charge on any atom is -0.481 e. The van der Waals surface area contributed by atoms with Gasteiger partial charge in [-0.15, -0.1) is 0 Å². The molecule has 0 amide bonds. The van der Waals surface area contributed by atoms with Gasteiger partial charge in [0.15, 0.2) is 0 Å². The Hall–Kier alpha value is -0.530. The van der Waals surface area contributed by atoms with Crippen LogP contribution in [0.4, 0.5) is 0 Å². The number of unbranched alkanes of at least 4 members (excludes halogenated alkanes) is 17. The summed E-state index contributed by atoms with van der Waals surface area (Å²) in [6, 6.07) is 0. The molecule has 31 heavy (non-hydrogen) atoms. The maximum atomic E-state index is 11.8. The van der Waals surface area contributed by atoms with Crippen LogP contribution in [0.5, 0.6) is 0 Å². The van der Waals surface area contributed by atoms with Gasteiger partial charge in [0.1, 0.15) is 0 Å². The molecule has 0 aromatic rings. The molecule has 0 aliphatic rings. The Morgan fingerprint density at radius 1 is 0.484 bits per heavy atom. The number of aliphatic carboxylic acids is 1. The average Bonchev–Trinajstić information content (AvgIpc) is 2.76. The number of hydrogen-bond acceptors (Lipinski definition) is 1. The van der Waals surface area contributed by atoms with Crippen LogP contribution in [0.1, 0.15) is 168 Å². The van der Waals surface area contributed by atoms with Gasteiger partial charge in [0, 0.05) is 0 Å². The number of carbonyl (C=O) groups is 1. The predicted molar refractivity (Wildman–Crippen MR) is 138 cm³/mol. The molecule has 0 spiro atoms. The first-order valence-electron chi connectivity index (χ1n) is 14.4. The van der Waals surface area contributed by atoms with Gasteiger partial charge in [-0.2, -0.15) is 0 Å². The third-order valence-corrected chi connectivity index (χ3v) is 7.11. The molecule has 186 valence electrons. The minimum atomic E-state index is -0.550. The highest BCUT2D eigenvalue weighted by Crippen LogP contribution is 2.29. The SMILES string of the molecule is CCCCCCCCCCCCCCCCCCC(CCCC)C(CCCC)C(=O)O. The fraction of sp³-hybridized carbons (Fsp3) is 0.966. The highest BCUT2D eigenvalue weighted by Gasteiger charge is 2.26. The molecule has 0 saturated carbocycles. The van der Waals surface area contributed by atoms with Crippen LogP contribution in [0.15, 0.2) is 0 Å². The summed E-state index contributed by atoms with van der Waals surface area (Å²) in [4.78, 5) is 11.8. The third-order valence-electron chi connectivity index (χ3n) is 7.11. The molecule has 0 bridgehead atoms. The van der Waals surface area contributed by atoms with E-state index >= 15 is 0 Å². The summed E-state index contributed by atoms with van der Waals surface area (Å²) in [7, 11) is 0. The highest BCUT2D eigenvalue weighted by atomic mass is 16.4. The maximum Gasteiger partial charge on any atom is 0.306 e. The summed E-state index contributed by atoms with van der Waals surface area (Å²) in [5.41, 5.74) is 0. The van der Waals surface area contributed by atoms with Crippen LogP contribution in [0.2, 0.25) is 0 Å². The predicted octanol–water partition coefficient (Wildman–Crippen LogP) is 10.3. The zero-order valence-electron chi connectivity index (χ0n) is 21.8. The van der Waals surface area contributed by atoms with Crippen molar-refractivity contribution in [1.82, 2.24) is 0 Å². The average molecular weight is 439 g/mol. The first kappa shape index (κ1) is 30.5. The van der Waals surface area contributed by atoms with Crippen molar-refractivity contribution >= 4 is 5.97 Å². The molecular formula is C29H58O2. The monoisotopic (exact) mass is 438 g/mol. The van der Waals surface area contributed by atoms with Gasteiger partial charge in [-0.1, -0.05) is 149 Å². The molecule has 0 heterocycles. The second-order valence-corrected chi connectivity index (χ2v) is 10.1. The van der Waals surface area contributed by atoms with Crippen LogP contribution in [-0.2, 0) is 4.79 Å². The number of hydrogen-bond donors (Lipinski definition) is 1. The minimum absolute atomic E-state index is 0.108. The summed E-state index contributed by atoms with van der Waals surface area (Å²) < 4.78 is 0. The van der Waals surface area contributed by atoms with Gasteiger partial charge >= 0.3 is 5.97 Å². The topological polar surface area (TPSA) is 37.3 Å². The zero-order chi connectivity index (χ0) is 23.0. The smallest absolute Gasteiger partial charge is 0.306 e. The van der Waals surface area contributed by atoms with Gasteiger partial charge in [-0.3, -0.25) is 4.79 Å². The molecule has 2 nitrogen and oxygen atoms in total. The van der Waals surface area contributed by atoms with E-state index < -0.39 is 5.97 Å². The molecule has 0 aliphatic carbocycles. The van der Waals surface area contributed by atoms with E-state index in [1.807, 2.05) is 0 Å². The first-order chi connectivity index (χ1) is 15.2. The molecule has 2 atom stereocenters. The van der Waals surface area contributed by atoms with Crippen molar-refractivity contribution in [2.24, 2.45) is 11.8 Å². The number of carboxylic acid groups (broad SMARTS) is 1. The molecule has 2 unspecified atom stereocenters. The Morgan fingerprint density at radius 3 is 1.19 bits per heavy atom. The van der Waals surface area contributed by atoms with E-state index in [1.54, 1.807) is 0 Å². The lowest BCUT2D eigenvalue weighted by molar-refractivity contribution is -0.144. The molecule has 0 radical (unpaired) electrons. The van der Waals surface area contributed by atoms with Crippen LogP contribution in [0, 0.1) is 11.8 Å². The Balaban J connectivity index is 3.67. The van der Waals surface area contributed by atoms with Crippen molar-refractivity contribution < 1.29 is 9.90 Å². The quantitative estimate of drug-likeness (QED) is 0.144. The van der Waals surface area contributed by atoms with Crippen molar-refractivity contribution in [3.05, 3.63) is 0 Å². The van der Waals surface area contributed by atoms with Crippen LogP contribution < -0.4 is 0 Å². The maximum absolute atomic E-state index is 11.8. The number of carboxylic acids is 1. The van der Waals surface area contributed by atoms with Gasteiger partial charge in [0.25, 0.3) is 0 Å². The van der Waals surface area contributed by atoms with Crippen LogP contribution in [-0.4, -0.2) is 11.1 Å². The van der Waals surface area contributed by atoms with Crippen molar-refractivity contribution in [2.75, 3.05) is 0 Å². The summed E-state index contributed by atoms with van der Waals surface area (Å²) in [6.45, 7) is 6.67. The van der Waals surface area contributed by atoms with E-state index in [9.17, 15) is 9.90 Å². The van der Waals surface area contributed by atoms with Crippen molar-refractivity contribution in [3.8, 4) is 0 Å². The Kier molecular flexibility index (Phi) is 23.7. The van der Waals surface area contributed by atoms with Gasteiger partial charge in [-0.05, 0) is 25.2 Å². The molecule has 0 aliphatic heterocycles. The molecule has 2 heteroatoms. The van der Waals surface area contributed by atoms with Gasteiger partial charge in [-0.25, -0.2) is 0 Å². The lowest BCUT2D eigenvalue weighted by Crippen LogP contribution is -2.24. The molecule has 0 saturated heterocycles. The number of rotatable bonds is 25. The van der Waals surface area contributed by atoms with Crippen molar-refractivity contribution in [3.63, 3.8) is 0 Å². The Bertz CT molecular complexity index is 366. The molecule has 0 aromatic carbocycles. The normalized spacial score (nSPS) is 13.4. The first-order valence-corrected chi connectivity index (χ1v) is 14.4. The lowest BCUT2D eigenvalue weighted by atomic mass is 9.81. The zero-order valence-corrected chi connectivity index (χ0v) is 21.8. The van der Waals surface area contributed by atoms with E-state index in [0.717, 1.165) is 32.1 Å². The van der Waals surface area contributed by atoms with Crippen LogP contribution >= 0.6 is 0 Å². The van der Waals surface area contributed by atoms with E-state index in [2.05, 4.69) is 20.8 Å². The van der Waals surface area contributed by atoms with Gasteiger partial charge in [0.2, 0.25) is 0 Å². The van der Waals surface area contributed by atoms with Crippen LogP contribution in [0.3, 0.4) is 0 Å². The van der Waals surface area contributed by atoms with E-state index in [4.69, 9.17) is 0 Å². The second-order valence-electron chi connectivity index (χ2n) is 10.1. The molecule has 0 rings (SSSR count). The Morgan fingerprint density at radius 2 is 0.806 bits per heavy atom.